The molecule has 0 atom stereocenters. The molecule has 0 spiro atoms. The Labute approximate surface area is 211 Å². The zero-order valence-corrected chi connectivity index (χ0v) is 22.0. The van der Waals surface area contributed by atoms with Crippen LogP contribution < -0.4 is 10.6 Å². The highest BCUT2D eigenvalue weighted by Crippen LogP contribution is 2.20. The van der Waals surface area contributed by atoms with Gasteiger partial charge in [-0.3, -0.25) is 9.89 Å². The van der Waals surface area contributed by atoms with Gasteiger partial charge in [-0.25, -0.2) is 13.8 Å². The van der Waals surface area contributed by atoms with Crippen LogP contribution in [0.15, 0.2) is 28.6 Å². The number of likely N-dealkylation sites (tertiary alicyclic amines) is 1. The van der Waals surface area contributed by atoms with Crippen LogP contribution in [0.4, 0.5) is 8.78 Å². The molecule has 0 saturated carbocycles. The van der Waals surface area contributed by atoms with E-state index < -0.39 is 5.82 Å². The fourth-order valence-corrected chi connectivity index (χ4v) is 4.49. The summed E-state index contributed by atoms with van der Waals surface area (Å²) in [4.78, 5) is 11.9. The number of aromatic nitrogens is 1. The lowest BCUT2D eigenvalue weighted by Crippen LogP contribution is -2.39. The Morgan fingerprint density at radius 3 is 2.69 bits per heavy atom. The van der Waals surface area contributed by atoms with E-state index in [9.17, 15) is 8.78 Å². The van der Waals surface area contributed by atoms with Crippen LogP contribution in [0.2, 0.25) is 0 Å². The first-order chi connectivity index (χ1) is 15.1. The molecule has 2 heterocycles. The van der Waals surface area contributed by atoms with Gasteiger partial charge in [0, 0.05) is 31.6 Å². The molecule has 1 aliphatic rings. The Hall–Kier alpha value is -1.33. The predicted octanol–water partition coefficient (Wildman–Crippen LogP) is 4.61. The monoisotopic (exact) mass is 577 g/mol. The highest BCUT2D eigenvalue weighted by Gasteiger charge is 2.20. The second-order valence-electron chi connectivity index (χ2n) is 7.94. The summed E-state index contributed by atoms with van der Waals surface area (Å²) in [5, 5.41) is 9.86. The van der Waals surface area contributed by atoms with E-state index >= 15 is 0 Å². The molecule has 0 unspecified atom stereocenters. The fraction of sp³-hybridized carbons (Fsp3) is 0.565. The van der Waals surface area contributed by atoms with E-state index in [2.05, 4.69) is 32.8 Å². The zero-order valence-electron chi connectivity index (χ0n) is 18.9. The summed E-state index contributed by atoms with van der Waals surface area (Å²) in [6.45, 7) is 9.27. The summed E-state index contributed by atoms with van der Waals surface area (Å²) in [5.41, 5.74) is 1.56. The topological polar surface area (TPSA) is 52.6 Å². The van der Waals surface area contributed by atoms with Gasteiger partial charge in [0.05, 0.1) is 10.7 Å². The lowest BCUT2D eigenvalue weighted by molar-refractivity contribution is 0.179. The maximum atomic E-state index is 13.8. The van der Waals surface area contributed by atoms with Gasteiger partial charge >= 0.3 is 0 Å². The lowest BCUT2D eigenvalue weighted by Gasteiger charge is -2.30. The van der Waals surface area contributed by atoms with Gasteiger partial charge in [0.25, 0.3) is 0 Å². The van der Waals surface area contributed by atoms with Crippen molar-refractivity contribution in [3.63, 3.8) is 0 Å². The van der Waals surface area contributed by atoms with Crippen LogP contribution in [0.5, 0.6) is 0 Å². The van der Waals surface area contributed by atoms with E-state index in [1.54, 1.807) is 11.3 Å². The zero-order chi connectivity index (χ0) is 22.1. The van der Waals surface area contributed by atoms with Gasteiger partial charge in [-0.2, -0.15) is 0 Å². The predicted molar refractivity (Wildman–Crippen MR) is 139 cm³/mol. The molecule has 1 aliphatic heterocycles. The molecule has 2 N–H and O–H groups in total. The van der Waals surface area contributed by atoms with Crippen LogP contribution in [0.25, 0.3) is 0 Å². The van der Waals surface area contributed by atoms with Gasteiger partial charge in [0.1, 0.15) is 11.6 Å². The number of rotatable bonds is 9. The smallest absolute Gasteiger partial charge is 0.191 e. The Morgan fingerprint density at radius 2 is 2.00 bits per heavy atom. The molecule has 178 valence electrons. The normalized spacial score (nSPS) is 15.4. The fourth-order valence-electron chi connectivity index (χ4n) is 3.75. The summed E-state index contributed by atoms with van der Waals surface area (Å²) in [7, 11) is 0. The molecular weight excluding hydrogens is 543 g/mol. The number of guanidine groups is 1. The molecule has 1 saturated heterocycles. The summed E-state index contributed by atoms with van der Waals surface area (Å²) in [6, 6.07) is 3.57. The number of hydrogen-bond donors (Lipinski definition) is 2. The molecule has 32 heavy (non-hydrogen) atoms. The molecule has 0 radical (unpaired) electrons. The molecule has 1 aromatic carbocycles. The summed E-state index contributed by atoms with van der Waals surface area (Å²) < 4.78 is 27.1. The van der Waals surface area contributed by atoms with Crippen molar-refractivity contribution in [3.8, 4) is 0 Å². The van der Waals surface area contributed by atoms with Crippen molar-refractivity contribution in [1.82, 2.24) is 20.5 Å². The number of hydrogen-bond acceptors (Lipinski definition) is 4. The Bertz CT molecular complexity index is 853. The highest BCUT2D eigenvalue weighted by atomic mass is 127. The molecule has 0 aliphatic carbocycles. The molecule has 1 fully saturated rings. The largest absolute Gasteiger partial charge is 0.357 e. The van der Waals surface area contributed by atoms with Crippen LogP contribution in [0, 0.1) is 17.6 Å². The first-order valence-corrected chi connectivity index (χ1v) is 12.1. The van der Waals surface area contributed by atoms with E-state index in [-0.39, 0.29) is 29.8 Å². The van der Waals surface area contributed by atoms with E-state index in [0.717, 1.165) is 64.0 Å². The number of piperidine rings is 1. The van der Waals surface area contributed by atoms with Crippen molar-refractivity contribution in [2.24, 2.45) is 10.9 Å². The second-order valence-corrected chi connectivity index (χ2v) is 8.88. The molecule has 2 aromatic rings. The number of nitrogens with one attached hydrogen (secondary N) is 2. The van der Waals surface area contributed by atoms with Gasteiger partial charge in [-0.05, 0) is 75.4 Å². The first kappa shape index (κ1) is 26.9. The number of benzene rings is 1. The van der Waals surface area contributed by atoms with Crippen molar-refractivity contribution < 1.29 is 8.78 Å². The van der Waals surface area contributed by atoms with Crippen LogP contribution in [-0.4, -0.2) is 48.6 Å². The van der Waals surface area contributed by atoms with E-state index in [1.807, 2.05) is 6.92 Å². The molecule has 5 nitrogen and oxygen atoms in total. The minimum atomic E-state index is -0.413. The van der Waals surface area contributed by atoms with Gasteiger partial charge in [-0.1, -0.05) is 6.92 Å². The van der Waals surface area contributed by atoms with Crippen molar-refractivity contribution in [2.45, 2.75) is 46.1 Å². The first-order valence-electron chi connectivity index (χ1n) is 11.2. The Morgan fingerprint density at radius 1 is 1.22 bits per heavy atom. The van der Waals surface area contributed by atoms with Crippen molar-refractivity contribution in [1.29, 1.82) is 0 Å². The maximum Gasteiger partial charge on any atom is 0.191 e. The van der Waals surface area contributed by atoms with Crippen LogP contribution in [0.1, 0.15) is 43.0 Å². The second kappa shape index (κ2) is 14.0. The highest BCUT2D eigenvalue weighted by molar-refractivity contribution is 14.0. The van der Waals surface area contributed by atoms with Crippen LogP contribution in [0.3, 0.4) is 0 Å². The van der Waals surface area contributed by atoms with Gasteiger partial charge in [0.2, 0.25) is 0 Å². The number of halogens is 3. The third kappa shape index (κ3) is 8.55. The minimum absolute atomic E-state index is 0. The average molecular weight is 578 g/mol. The molecule has 9 heteroatoms. The van der Waals surface area contributed by atoms with E-state index in [1.165, 1.54) is 22.8 Å². The average Bonchev–Trinajstić information content (AvgIpc) is 3.23. The third-order valence-electron chi connectivity index (χ3n) is 5.54. The molecule has 3 rings (SSSR count). The van der Waals surface area contributed by atoms with Gasteiger partial charge < -0.3 is 10.6 Å². The third-order valence-corrected chi connectivity index (χ3v) is 6.58. The summed E-state index contributed by atoms with van der Waals surface area (Å²) >= 11 is 1.75. The summed E-state index contributed by atoms with van der Waals surface area (Å²) in [5.74, 6) is 0.509. The molecular formula is C23H34F2IN5S. The van der Waals surface area contributed by atoms with Crippen LogP contribution >= 0.6 is 35.3 Å². The number of nitrogens with zero attached hydrogens (tertiary/aromatic N) is 3. The van der Waals surface area contributed by atoms with Gasteiger partial charge in [0.15, 0.2) is 5.96 Å². The van der Waals surface area contributed by atoms with E-state index in [0.29, 0.717) is 24.4 Å². The molecule has 0 bridgehead atoms. The van der Waals surface area contributed by atoms with Crippen molar-refractivity contribution >= 4 is 41.3 Å². The van der Waals surface area contributed by atoms with Crippen molar-refractivity contribution in [3.05, 3.63) is 51.5 Å². The summed E-state index contributed by atoms with van der Waals surface area (Å²) in [6.07, 6.45) is 3.66. The Balaban J connectivity index is 0.00000363. The maximum absolute atomic E-state index is 13.8. The standard InChI is InChI=1S/C23H33F2N5S.HI/c1-3-22-29-20(16-31-22)15-30-11-8-17(9-12-30)14-28-23(26-4-2)27-10-7-18-13-19(24)5-6-21(18)25;/h5-6,13,16-17H,3-4,7-12,14-15H2,1-2H3,(H2,26,27,28);1H. The molecule has 0 amide bonds. The molecule has 1 aromatic heterocycles. The number of thiazole rings is 1. The number of aryl methyl sites for hydroxylation is 1. The quantitative estimate of drug-likeness (QED) is 0.260. The minimum Gasteiger partial charge on any atom is -0.357 e. The number of aliphatic imine (C=N–C) groups is 1. The SMILES string of the molecule is CCNC(=NCC1CCN(Cc2csc(CC)n2)CC1)NCCc1cc(F)ccc1F.I. The van der Waals surface area contributed by atoms with Crippen LogP contribution in [-0.2, 0) is 19.4 Å². The van der Waals surface area contributed by atoms with E-state index in [4.69, 9.17) is 4.99 Å². The lowest BCUT2D eigenvalue weighted by atomic mass is 9.97. The van der Waals surface area contributed by atoms with Crippen molar-refractivity contribution in [2.75, 3.05) is 32.7 Å². The Kier molecular flexibility index (Phi) is 11.8. The van der Waals surface area contributed by atoms with Gasteiger partial charge in [-0.15, -0.1) is 35.3 Å².